The molecule has 0 bridgehead atoms. The van der Waals surface area contributed by atoms with E-state index in [0.29, 0.717) is 19.5 Å². The summed E-state index contributed by atoms with van der Waals surface area (Å²) in [4.78, 5) is 26.1. The summed E-state index contributed by atoms with van der Waals surface area (Å²) >= 11 is 3.51. The predicted molar refractivity (Wildman–Crippen MR) is 128 cm³/mol. The number of nitrogens with zero attached hydrogens (tertiary/aromatic N) is 3. The van der Waals surface area contributed by atoms with Gasteiger partial charge >= 0.3 is 0 Å². The van der Waals surface area contributed by atoms with Crippen molar-refractivity contribution in [2.24, 2.45) is 4.99 Å². The van der Waals surface area contributed by atoms with Crippen LogP contribution in [0.4, 0.5) is 0 Å². The van der Waals surface area contributed by atoms with Gasteiger partial charge in [0.2, 0.25) is 5.91 Å². The van der Waals surface area contributed by atoms with E-state index in [-0.39, 0.29) is 29.9 Å². The molecule has 3 heterocycles. The topological polar surface area (TPSA) is 69.6 Å². The molecule has 0 aliphatic carbocycles. The minimum Gasteiger partial charge on any atom is -0.357 e. The number of thiophene rings is 1. The Morgan fingerprint density at radius 1 is 1.39 bits per heavy atom. The number of nitrogens with one attached hydrogen (secondary N) is 2. The second kappa shape index (κ2) is 11.7. The van der Waals surface area contributed by atoms with Gasteiger partial charge in [0.1, 0.15) is 0 Å². The Morgan fingerprint density at radius 2 is 2.25 bits per heavy atom. The van der Waals surface area contributed by atoms with Crippen molar-refractivity contribution >= 4 is 58.5 Å². The summed E-state index contributed by atoms with van der Waals surface area (Å²) in [6.07, 6.45) is 4.20. The van der Waals surface area contributed by atoms with E-state index in [2.05, 4.69) is 39.0 Å². The molecule has 1 aliphatic rings. The van der Waals surface area contributed by atoms with E-state index in [0.717, 1.165) is 43.4 Å². The van der Waals surface area contributed by atoms with Crippen molar-refractivity contribution in [2.45, 2.75) is 39.7 Å². The van der Waals surface area contributed by atoms with Crippen LogP contribution in [-0.2, 0) is 24.2 Å². The van der Waals surface area contributed by atoms with Gasteiger partial charge in [-0.15, -0.1) is 46.7 Å². The van der Waals surface area contributed by atoms with Crippen LogP contribution in [0.5, 0.6) is 0 Å². The van der Waals surface area contributed by atoms with Gasteiger partial charge in [-0.1, -0.05) is 0 Å². The molecule has 2 N–H and O–H groups in total. The molecule has 0 saturated carbocycles. The predicted octanol–water partition coefficient (Wildman–Crippen LogP) is 3.20. The van der Waals surface area contributed by atoms with Crippen molar-refractivity contribution in [3.63, 3.8) is 0 Å². The van der Waals surface area contributed by atoms with E-state index in [1.165, 1.54) is 15.3 Å². The SMILES string of the molecule is CCNC(=NCCc1ncc(C)s1)NCCC(=O)N1CCc2sccc2C1.I. The maximum Gasteiger partial charge on any atom is 0.224 e. The van der Waals surface area contributed by atoms with Crippen molar-refractivity contribution in [3.8, 4) is 0 Å². The van der Waals surface area contributed by atoms with Gasteiger partial charge in [-0.25, -0.2) is 4.98 Å². The Labute approximate surface area is 191 Å². The number of fused-ring (bicyclic) bond motifs is 1. The van der Waals surface area contributed by atoms with Crippen molar-refractivity contribution in [3.05, 3.63) is 38.0 Å². The lowest BCUT2D eigenvalue weighted by atomic mass is 10.1. The molecular weight excluding hydrogens is 505 g/mol. The van der Waals surface area contributed by atoms with Crippen LogP contribution in [0.3, 0.4) is 0 Å². The lowest BCUT2D eigenvalue weighted by molar-refractivity contribution is -0.131. The Hall–Kier alpha value is -1.20. The minimum absolute atomic E-state index is 0. The fraction of sp³-hybridized carbons (Fsp3) is 0.526. The first-order valence-corrected chi connectivity index (χ1v) is 11.1. The van der Waals surface area contributed by atoms with Gasteiger partial charge in [0.05, 0.1) is 5.01 Å². The van der Waals surface area contributed by atoms with Crippen LogP contribution in [-0.4, -0.2) is 47.9 Å². The highest BCUT2D eigenvalue weighted by Gasteiger charge is 2.20. The summed E-state index contributed by atoms with van der Waals surface area (Å²) < 4.78 is 0. The van der Waals surface area contributed by atoms with E-state index in [4.69, 9.17) is 0 Å². The number of thiazole rings is 1. The number of hydrogen-bond acceptors (Lipinski definition) is 5. The number of halogens is 1. The smallest absolute Gasteiger partial charge is 0.224 e. The zero-order valence-corrected chi connectivity index (χ0v) is 20.3. The third kappa shape index (κ3) is 6.70. The van der Waals surface area contributed by atoms with Gasteiger partial charge in [0.25, 0.3) is 0 Å². The van der Waals surface area contributed by atoms with E-state index < -0.39 is 0 Å². The number of aromatic nitrogens is 1. The maximum absolute atomic E-state index is 12.5. The van der Waals surface area contributed by atoms with Gasteiger partial charge in [-0.05, 0) is 37.3 Å². The average molecular weight is 534 g/mol. The first kappa shape index (κ1) is 23.1. The van der Waals surface area contributed by atoms with E-state index in [1.807, 2.05) is 18.0 Å². The van der Waals surface area contributed by atoms with Gasteiger partial charge in [-0.2, -0.15) is 0 Å². The minimum atomic E-state index is 0. The highest BCUT2D eigenvalue weighted by molar-refractivity contribution is 14.0. The molecule has 9 heteroatoms. The zero-order chi connectivity index (χ0) is 19.1. The summed E-state index contributed by atoms with van der Waals surface area (Å²) in [5, 5.41) is 9.74. The number of rotatable bonds is 7. The van der Waals surface area contributed by atoms with Crippen LogP contribution >= 0.6 is 46.7 Å². The monoisotopic (exact) mass is 533 g/mol. The largest absolute Gasteiger partial charge is 0.357 e. The molecule has 6 nitrogen and oxygen atoms in total. The number of carbonyl (C=O) groups excluding carboxylic acids is 1. The third-order valence-corrected chi connectivity index (χ3v) is 6.40. The fourth-order valence-corrected chi connectivity index (χ4v) is 4.69. The number of carbonyl (C=O) groups is 1. The Kier molecular flexibility index (Phi) is 9.66. The molecule has 2 aromatic rings. The molecule has 2 aromatic heterocycles. The highest BCUT2D eigenvalue weighted by Crippen LogP contribution is 2.24. The van der Waals surface area contributed by atoms with Crippen molar-refractivity contribution in [1.29, 1.82) is 0 Å². The molecule has 154 valence electrons. The van der Waals surface area contributed by atoms with Gasteiger partial charge in [0, 0.05) is 61.5 Å². The van der Waals surface area contributed by atoms with E-state index in [9.17, 15) is 4.79 Å². The summed E-state index contributed by atoms with van der Waals surface area (Å²) in [6.45, 7) is 7.75. The molecule has 3 rings (SSSR count). The molecule has 28 heavy (non-hydrogen) atoms. The van der Waals surface area contributed by atoms with Crippen LogP contribution in [0.1, 0.15) is 33.7 Å². The lowest BCUT2D eigenvalue weighted by Gasteiger charge is -2.27. The molecule has 0 fully saturated rings. The molecule has 0 radical (unpaired) electrons. The Balaban J connectivity index is 0.00000280. The third-order valence-electron chi connectivity index (χ3n) is 4.40. The van der Waals surface area contributed by atoms with Crippen LogP contribution < -0.4 is 10.6 Å². The standard InChI is InChI=1S/C19H27N5OS2.HI/c1-3-20-19(21-8-4-17-23-12-14(2)27-17)22-9-5-18(25)24-10-6-16-15(13-24)7-11-26-16;/h7,11-12H,3-6,8-10,13H2,1-2H3,(H2,20,21,22);1H. The summed E-state index contributed by atoms with van der Waals surface area (Å²) in [7, 11) is 0. The van der Waals surface area contributed by atoms with E-state index in [1.54, 1.807) is 22.7 Å². The molecule has 0 aromatic carbocycles. The Bertz CT molecular complexity index is 789. The first-order valence-electron chi connectivity index (χ1n) is 9.42. The van der Waals surface area contributed by atoms with Crippen molar-refractivity contribution < 1.29 is 4.79 Å². The lowest BCUT2D eigenvalue weighted by Crippen LogP contribution is -2.41. The molecule has 0 atom stereocenters. The van der Waals surface area contributed by atoms with Crippen LogP contribution in [0.25, 0.3) is 0 Å². The second-order valence-corrected chi connectivity index (χ2v) is 8.81. The molecular formula is C19H28IN5OS2. The van der Waals surface area contributed by atoms with Crippen molar-refractivity contribution in [1.82, 2.24) is 20.5 Å². The molecule has 0 unspecified atom stereocenters. The number of aryl methyl sites for hydroxylation is 1. The maximum atomic E-state index is 12.5. The number of guanidine groups is 1. The summed E-state index contributed by atoms with van der Waals surface area (Å²) in [5.74, 6) is 0.964. The quantitative estimate of drug-likeness (QED) is 0.326. The molecule has 1 amide bonds. The van der Waals surface area contributed by atoms with Crippen LogP contribution in [0.15, 0.2) is 22.6 Å². The summed E-state index contributed by atoms with van der Waals surface area (Å²) in [5.41, 5.74) is 1.31. The summed E-state index contributed by atoms with van der Waals surface area (Å²) in [6, 6.07) is 2.14. The van der Waals surface area contributed by atoms with Gasteiger partial charge in [-0.3, -0.25) is 9.79 Å². The fourth-order valence-electron chi connectivity index (χ4n) is 3.03. The molecule has 0 saturated heterocycles. The number of aliphatic imine (C=N–C) groups is 1. The zero-order valence-electron chi connectivity index (χ0n) is 16.4. The average Bonchev–Trinajstić information content (AvgIpc) is 3.29. The highest BCUT2D eigenvalue weighted by atomic mass is 127. The Morgan fingerprint density at radius 3 is 3.00 bits per heavy atom. The van der Waals surface area contributed by atoms with Crippen LogP contribution in [0.2, 0.25) is 0 Å². The van der Waals surface area contributed by atoms with Crippen molar-refractivity contribution in [2.75, 3.05) is 26.2 Å². The molecule has 1 aliphatic heterocycles. The first-order chi connectivity index (χ1) is 13.2. The van der Waals surface area contributed by atoms with E-state index >= 15 is 0 Å². The molecule has 0 spiro atoms. The normalized spacial score (nSPS) is 13.6. The number of hydrogen-bond donors (Lipinski definition) is 2. The number of amides is 1. The van der Waals surface area contributed by atoms with Gasteiger partial charge in [0.15, 0.2) is 5.96 Å². The van der Waals surface area contributed by atoms with Crippen LogP contribution in [0, 0.1) is 6.92 Å². The second-order valence-electron chi connectivity index (χ2n) is 6.49. The van der Waals surface area contributed by atoms with Gasteiger partial charge < -0.3 is 15.5 Å².